The molecule has 19 heavy (non-hydrogen) atoms. The van der Waals surface area contributed by atoms with Crippen LogP contribution in [0.4, 0.5) is 0 Å². The average molecular weight is 263 g/mol. The largest absolute Gasteiger partial charge is 0.457 e. The average Bonchev–Trinajstić information content (AvgIpc) is 2.71. The number of piperidine rings is 1. The van der Waals surface area contributed by atoms with Crippen LogP contribution in [-0.2, 0) is 6.54 Å². The molecule has 0 aliphatic carbocycles. The summed E-state index contributed by atoms with van der Waals surface area (Å²) >= 11 is 0. The van der Waals surface area contributed by atoms with Gasteiger partial charge in [0.1, 0.15) is 5.76 Å². The van der Waals surface area contributed by atoms with Gasteiger partial charge in [0, 0.05) is 18.0 Å². The van der Waals surface area contributed by atoms with Gasteiger partial charge in [0.2, 0.25) is 0 Å². The second-order valence-electron chi connectivity index (χ2n) is 6.89. The summed E-state index contributed by atoms with van der Waals surface area (Å²) in [4.78, 5) is 13.8. The molecule has 0 spiro atoms. The number of likely N-dealkylation sites (tertiary alicyclic amines) is 1. The summed E-state index contributed by atoms with van der Waals surface area (Å²) in [5.41, 5.74) is 0.343. The molecule has 0 aromatic carbocycles. The van der Waals surface area contributed by atoms with Gasteiger partial charge in [0.15, 0.2) is 11.5 Å². The summed E-state index contributed by atoms with van der Waals surface area (Å²) in [5.74, 6) is 1.33. The second kappa shape index (κ2) is 4.78. The van der Waals surface area contributed by atoms with Gasteiger partial charge in [-0.2, -0.15) is 0 Å². The van der Waals surface area contributed by atoms with Crippen LogP contribution in [0.2, 0.25) is 0 Å². The Morgan fingerprint density at radius 2 is 1.79 bits per heavy atom. The van der Waals surface area contributed by atoms with Crippen LogP contribution in [-0.4, -0.2) is 21.8 Å². The monoisotopic (exact) mass is 263 g/mol. The van der Waals surface area contributed by atoms with E-state index in [2.05, 4.69) is 32.6 Å². The van der Waals surface area contributed by atoms with Crippen molar-refractivity contribution in [2.75, 3.05) is 0 Å². The molecular weight excluding hydrogens is 238 g/mol. The normalized spacial score (nSPS) is 22.4. The Morgan fingerprint density at radius 1 is 1.21 bits per heavy atom. The molecular formula is C16H25NO2. The van der Waals surface area contributed by atoms with Crippen molar-refractivity contribution in [1.82, 2.24) is 4.90 Å². The molecule has 1 aromatic rings. The lowest BCUT2D eigenvalue weighted by Gasteiger charge is -2.52. The van der Waals surface area contributed by atoms with Gasteiger partial charge in [0.25, 0.3) is 0 Å². The molecule has 0 amide bonds. The standard InChI is InChI=1S/C16H25NO2/c1-12(18)14-8-7-13(19-14)11-17-15(2,3)9-6-10-16(17,4)5/h7-8H,6,9-11H2,1-5H3. The van der Waals surface area contributed by atoms with E-state index in [4.69, 9.17) is 4.42 Å². The molecule has 1 aliphatic heterocycles. The first-order valence-corrected chi connectivity index (χ1v) is 7.10. The van der Waals surface area contributed by atoms with Gasteiger partial charge in [-0.25, -0.2) is 0 Å². The van der Waals surface area contributed by atoms with Crippen LogP contribution in [0.25, 0.3) is 0 Å². The fourth-order valence-electron chi connectivity index (χ4n) is 3.28. The molecule has 0 radical (unpaired) electrons. The predicted octanol–water partition coefficient (Wildman–Crippen LogP) is 4.03. The summed E-state index contributed by atoms with van der Waals surface area (Å²) in [6.45, 7) is 11.5. The summed E-state index contributed by atoms with van der Waals surface area (Å²) in [6, 6.07) is 3.71. The lowest BCUT2D eigenvalue weighted by atomic mass is 9.80. The van der Waals surface area contributed by atoms with Crippen LogP contribution in [0.15, 0.2) is 16.5 Å². The Labute approximate surface area is 116 Å². The van der Waals surface area contributed by atoms with E-state index in [-0.39, 0.29) is 16.9 Å². The first kappa shape index (κ1) is 14.3. The molecule has 3 heteroatoms. The minimum Gasteiger partial charge on any atom is -0.457 e. The number of Topliss-reactive ketones (excluding diaryl/α,β-unsaturated/α-hetero) is 1. The van der Waals surface area contributed by atoms with Gasteiger partial charge in [-0.1, -0.05) is 0 Å². The second-order valence-corrected chi connectivity index (χ2v) is 6.89. The zero-order chi connectivity index (χ0) is 14.3. The van der Waals surface area contributed by atoms with E-state index in [1.54, 1.807) is 6.07 Å². The number of hydrogen-bond donors (Lipinski definition) is 0. The van der Waals surface area contributed by atoms with Crippen molar-refractivity contribution >= 4 is 5.78 Å². The Kier molecular flexibility index (Phi) is 3.61. The maximum atomic E-state index is 11.3. The molecule has 1 saturated heterocycles. The smallest absolute Gasteiger partial charge is 0.194 e. The topological polar surface area (TPSA) is 33.5 Å². The molecule has 0 atom stereocenters. The molecule has 1 aliphatic rings. The van der Waals surface area contributed by atoms with Crippen molar-refractivity contribution < 1.29 is 9.21 Å². The molecule has 2 rings (SSSR count). The molecule has 0 bridgehead atoms. The van der Waals surface area contributed by atoms with E-state index < -0.39 is 0 Å². The number of rotatable bonds is 3. The fourth-order valence-corrected chi connectivity index (χ4v) is 3.28. The summed E-state index contributed by atoms with van der Waals surface area (Å²) in [6.07, 6.45) is 3.68. The molecule has 106 valence electrons. The summed E-state index contributed by atoms with van der Waals surface area (Å²) in [7, 11) is 0. The first-order valence-electron chi connectivity index (χ1n) is 7.10. The van der Waals surface area contributed by atoms with Gasteiger partial charge in [-0.15, -0.1) is 0 Å². The van der Waals surface area contributed by atoms with Crippen molar-refractivity contribution in [3.8, 4) is 0 Å². The van der Waals surface area contributed by atoms with Crippen molar-refractivity contribution in [1.29, 1.82) is 0 Å². The fraction of sp³-hybridized carbons (Fsp3) is 0.688. The molecule has 0 saturated carbocycles. The van der Waals surface area contributed by atoms with Crippen molar-refractivity contribution in [2.45, 2.75) is 71.5 Å². The van der Waals surface area contributed by atoms with E-state index in [0.717, 1.165) is 12.3 Å². The highest BCUT2D eigenvalue weighted by Crippen LogP contribution is 2.39. The number of hydrogen-bond acceptors (Lipinski definition) is 3. The Morgan fingerprint density at radius 3 is 2.26 bits per heavy atom. The van der Waals surface area contributed by atoms with Crippen LogP contribution in [0.3, 0.4) is 0 Å². The number of nitrogens with zero attached hydrogens (tertiary/aromatic N) is 1. The zero-order valence-electron chi connectivity index (χ0n) is 12.7. The van der Waals surface area contributed by atoms with Crippen molar-refractivity contribution in [3.63, 3.8) is 0 Å². The summed E-state index contributed by atoms with van der Waals surface area (Å²) in [5, 5.41) is 0. The van der Waals surface area contributed by atoms with E-state index >= 15 is 0 Å². The van der Waals surface area contributed by atoms with Crippen molar-refractivity contribution in [3.05, 3.63) is 23.7 Å². The SMILES string of the molecule is CC(=O)c1ccc(CN2C(C)(C)CCCC2(C)C)o1. The third-order valence-corrected chi connectivity index (χ3v) is 4.36. The molecule has 0 unspecified atom stereocenters. The number of ketones is 1. The maximum Gasteiger partial charge on any atom is 0.194 e. The minimum atomic E-state index is -0.0107. The molecule has 2 heterocycles. The van der Waals surface area contributed by atoms with Crippen LogP contribution in [0.5, 0.6) is 0 Å². The Bertz CT molecular complexity index is 455. The third kappa shape index (κ3) is 2.92. The van der Waals surface area contributed by atoms with Crippen LogP contribution < -0.4 is 0 Å². The van der Waals surface area contributed by atoms with Crippen LogP contribution >= 0.6 is 0 Å². The van der Waals surface area contributed by atoms with Gasteiger partial charge >= 0.3 is 0 Å². The zero-order valence-corrected chi connectivity index (χ0v) is 12.7. The highest BCUT2D eigenvalue weighted by atomic mass is 16.3. The summed E-state index contributed by atoms with van der Waals surface area (Å²) < 4.78 is 5.64. The van der Waals surface area contributed by atoms with Gasteiger partial charge < -0.3 is 4.42 Å². The predicted molar refractivity (Wildman–Crippen MR) is 76.3 cm³/mol. The van der Waals surface area contributed by atoms with Crippen LogP contribution in [0, 0.1) is 0 Å². The van der Waals surface area contributed by atoms with E-state index in [9.17, 15) is 4.79 Å². The molecule has 1 fully saturated rings. The van der Waals surface area contributed by atoms with Crippen molar-refractivity contribution in [2.24, 2.45) is 0 Å². The van der Waals surface area contributed by atoms with Crippen LogP contribution in [0.1, 0.15) is 70.2 Å². The molecule has 3 nitrogen and oxygen atoms in total. The van der Waals surface area contributed by atoms with Gasteiger partial charge in [-0.05, 0) is 59.1 Å². The minimum absolute atomic E-state index is 0.0107. The lowest BCUT2D eigenvalue weighted by molar-refractivity contribution is -0.0384. The molecule has 0 N–H and O–H groups in total. The number of carbonyl (C=O) groups excluding carboxylic acids is 1. The Hall–Kier alpha value is -1.09. The van der Waals surface area contributed by atoms with Gasteiger partial charge in [-0.3, -0.25) is 9.69 Å². The number of furan rings is 1. The Balaban J connectivity index is 2.21. The highest BCUT2D eigenvalue weighted by Gasteiger charge is 2.41. The molecule has 1 aromatic heterocycles. The first-order chi connectivity index (χ1) is 8.72. The lowest BCUT2D eigenvalue weighted by Crippen LogP contribution is -2.57. The maximum absolute atomic E-state index is 11.3. The third-order valence-electron chi connectivity index (χ3n) is 4.36. The van der Waals surface area contributed by atoms with E-state index in [1.165, 1.54) is 26.2 Å². The number of carbonyl (C=O) groups is 1. The van der Waals surface area contributed by atoms with Gasteiger partial charge in [0.05, 0.1) is 6.54 Å². The van der Waals surface area contributed by atoms with E-state index in [1.807, 2.05) is 6.07 Å². The van der Waals surface area contributed by atoms with E-state index in [0.29, 0.717) is 5.76 Å². The highest BCUT2D eigenvalue weighted by molar-refractivity contribution is 5.91. The quantitative estimate of drug-likeness (QED) is 0.772.